The van der Waals surface area contributed by atoms with Gasteiger partial charge in [0.25, 0.3) is 0 Å². The van der Waals surface area contributed by atoms with Crippen molar-refractivity contribution in [1.29, 1.82) is 0 Å². The van der Waals surface area contributed by atoms with Gasteiger partial charge in [-0.3, -0.25) is 0 Å². The van der Waals surface area contributed by atoms with Crippen LogP contribution in [0.5, 0.6) is 0 Å². The zero-order valence-corrected chi connectivity index (χ0v) is 17.3. The Morgan fingerprint density at radius 2 is 1.76 bits per heavy atom. The summed E-state index contributed by atoms with van der Waals surface area (Å²) >= 11 is 0. The van der Waals surface area contributed by atoms with Crippen LogP contribution in [0.15, 0.2) is 42.5 Å². The molecule has 0 radical (unpaired) electrons. The maximum absolute atomic E-state index is 3.18. The van der Waals surface area contributed by atoms with Gasteiger partial charge in [-0.1, -0.05) is 32.2 Å². The third kappa shape index (κ3) is 6.61. The fourth-order valence-corrected chi connectivity index (χ4v) is 2.59. The Bertz CT molecular complexity index is 627. The van der Waals surface area contributed by atoms with E-state index in [1.165, 1.54) is 21.6 Å². The van der Waals surface area contributed by atoms with Gasteiger partial charge in [0.15, 0.2) is 0 Å². The first-order chi connectivity index (χ1) is 8.68. The van der Waals surface area contributed by atoms with Crippen LogP contribution in [0.3, 0.4) is 0 Å². The zero-order valence-electron chi connectivity index (χ0n) is 12.3. The van der Waals surface area contributed by atoms with Crippen LogP contribution in [0.1, 0.15) is 5.56 Å². The summed E-state index contributed by atoms with van der Waals surface area (Å²) in [6.45, 7) is 6.60. The minimum absolute atomic E-state index is 0. The summed E-state index contributed by atoms with van der Waals surface area (Å²) < 4.78 is 0. The standard InChI is InChI=1S/C9H8N.C7H9Si.2ClH.Zr/c1-7-6-10-9-5-3-2-4-8(7)9;1-8(2)7-5-3-4-6-7;;;/h2-5,10H,1H3;3-5H,1-2H3;2*1H;/q2*-1;;;+4/p-2. The Morgan fingerprint density at radius 3 is 2.24 bits per heavy atom. The molecule has 108 valence electrons. The summed E-state index contributed by atoms with van der Waals surface area (Å²) in [7, 11) is -0.225. The predicted molar refractivity (Wildman–Crippen MR) is 81.3 cm³/mol. The molecule has 1 aliphatic rings. The first-order valence-corrected chi connectivity index (χ1v) is 8.57. The van der Waals surface area contributed by atoms with Crippen molar-refractivity contribution in [3.8, 4) is 0 Å². The summed E-state index contributed by atoms with van der Waals surface area (Å²) in [6, 6.07) is 8.21. The molecule has 0 fully saturated rings. The van der Waals surface area contributed by atoms with E-state index in [1.807, 2.05) is 24.3 Å². The fourth-order valence-electron chi connectivity index (χ4n) is 1.79. The van der Waals surface area contributed by atoms with Crippen molar-refractivity contribution >= 4 is 24.5 Å². The van der Waals surface area contributed by atoms with Crippen molar-refractivity contribution in [3.63, 3.8) is 0 Å². The number of benzene rings is 1. The van der Waals surface area contributed by atoms with E-state index in [1.54, 1.807) is 0 Å². The minimum atomic E-state index is -0.225. The van der Waals surface area contributed by atoms with Gasteiger partial charge >= 0.3 is 26.2 Å². The molecule has 1 aromatic heterocycles. The molecule has 0 unspecified atom stereocenters. The van der Waals surface area contributed by atoms with Gasteiger partial charge in [0, 0.05) is 0 Å². The molecule has 2 aromatic rings. The molecule has 0 bridgehead atoms. The first kappa shape index (κ1) is 23.1. The van der Waals surface area contributed by atoms with E-state index in [0.717, 1.165) is 0 Å². The second-order valence-corrected chi connectivity index (χ2v) is 7.04. The Hall–Kier alpha value is -0.210. The molecule has 0 aliphatic heterocycles. The molecule has 1 aliphatic carbocycles. The largest absolute Gasteiger partial charge is 4.00 e. The molecule has 1 aromatic carbocycles. The number of aromatic nitrogens is 1. The number of para-hydroxylation sites is 1. The average Bonchev–Trinajstić information content (AvgIpc) is 3.01. The van der Waals surface area contributed by atoms with Crippen molar-refractivity contribution in [2.75, 3.05) is 0 Å². The molecule has 1 N–H and O–H groups in total. The summed E-state index contributed by atoms with van der Waals surface area (Å²) in [6.07, 6.45) is 12.4. The number of hydrogen-bond acceptors (Lipinski definition) is 0. The van der Waals surface area contributed by atoms with Crippen LogP contribution < -0.4 is 24.8 Å². The van der Waals surface area contributed by atoms with E-state index in [-0.39, 0.29) is 59.4 Å². The summed E-state index contributed by atoms with van der Waals surface area (Å²) in [5.74, 6) is 0. The average molecular weight is 414 g/mol. The summed E-state index contributed by atoms with van der Waals surface area (Å²) in [5, 5.41) is 2.68. The van der Waals surface area contributed by atoms with Crippen molar-refractivity contribution in [2.45, 2.75) is 20.0 Å². The third-order valence-corrected chi connectivity index (χ3v) is 4.24. The van der Waals surface area contributed by atoms with Gasteiger partial charge < -0.3 is 29.8 Å². The van der Waals surface area contributed by atoms with Crippen LogP contribution in [0, 0.1) is 19.2 Å². The molecule has 0 spiro atoms. The Kier molecular flexibility index (Phi) is 12.5. The van der Waals surface area contributed by atoms with E-state index >= 15 is 0 Å². The van der Waals surface area contributed by atoms with E-state index in [9.17, 15) is 0 Å². The number of aryl methyl sites for hydroxylation is 1. The quantitative estimate of drug-likeness (QED) is 0.370. The SMILES string of the molecule is C[Si](C)=C1[C-]=CC=C1.Cc1[c-][nH]c2ccccc12.[Cl-].[Cl-].[Zr+4]. The number of nitrogens with one attached hydrogen (secondary N) is 1. The van der Waals surface area contributed by atoms with E-state index in [4.69, 9.17) is 0 Å². The van der Waals surface area contributed by atoms with Crippen molar-refractivity contribution < 1.29 is 51.0 Å². The molecule has 0 amide bonds. The second-order valence-electron chi connectivity index (χ2n) is 4.50. The molecule has 3 rings (SSSR count). The van der Waals surface area contributed by atoms with Crippen molar-refractivity contribution in [1.82, 2.24) is 4.98 Å². The van der Waals surface area contributed by atoms with E-state index < -0.39 is 0 Å². The van der Waals surface area contributed by atoms with Gasteiger partial charge in [0.05, 0.1) is 0 Å². The normalized spacial score (nSPS) is 10.9. The molecule has 0 atom stereocenters. The number of aromatic amines is 1. The van der Waals surface area contributed by atoms with Crippen LogP contribution in [-0.2, 0) is 26.2 Å². The number of rotatable bonds is 0. The molecule has 21 heavy (non-hydrogen) atoms. The van der Waals surface area contributed by atoms with Crippen molar-refractivity contribution in [3.05, 3.63) is 60.3 Å². The summed E-state index contributed by atoms with van der Waals surface area (Å²) in [5.41, 5.74) is 2.36. The molecular formula is C16H17Cl2NSiZr. The molecule has 5 heteroatoms. The monoisotopic (exact) mass is 411 g/mol. The van der Waals surface area contributed by atoms with Crippen LogP contribution in [-0.4, -0.2) is 18.6 Å². The molecule has 1 nitrogen and oxygen atoms in total. The molecular weight excluding hydrogens is 396 g/mol. The van der Waals surface area contributed by atoms with Gasteiger partial charge in [-0.05, 0) is 8.41 Å². The molecule has 1 heterocycles. The van der Waals surface area contributed by atoms with E-state index in [2.05, 4.69) is 55.5 Å². The molecule has 0 saturated carbocycles. The zero-order chi connectivity index (χ0) is 13.0. The van der Waals surface area contributed by atoms with Crippen molar-refractivity contribution in [2.24, 2.45) is 0 Å². The third-order valence-electron chi connectivity index (χ3n) is 2.85. The van der Waals surface area contributed by atoms with Gasteiger partial charge in [-0.2, -0.15) is 28.3 Å². The maximum atomic E-state index is 3.18. The number of halogens is 2. The van der Waals surface area contributed by atoms with Crippen LogP contribution in [0.25, 0.3) is 10.9 Å². The summed E-state index contributed by atoms with van der Waals surface area (Å²) in [4.78, 5) is 3.06. The molecule has 0 saturated heterocycles. The Labute approximate surface area is 160 Å². The van der Waals surface area contributed by atoms with Gasteiger partial charge in [-0.25, -0.2) is 12.2 Å². The van der Waals surface area contributed by atoms with E-state index in [0.29, 0.717) is 0 Å². The minimum Gasteiger partial charge on any atom is -1.00 e. The Morgan fingerprint density at radius 1 is 1.10 bits per heavy atom. The van der Waals surface area contributed by atoms with Crippen LogP contribution in [0.2, 0.25) is 13.1 Å². The topological polar surface area (TPSA) is 15.8 Å². The number of allylic oxidation sites excluding steroid dienone is 4. The smallest absolute Gasteiger partial charge is 1.00 e. The first-order valence-electron chi connectivity index (χ1n) is 6.07. The fraction of sp³-hybridized carbons (Fsp3) is 0.188. The maximum Gasteiger partial charge on any atom is 4.00 e. The number of H-pyrrole nitrogens is 1. The second kappa shape index (κ2) is 11.4. The predicted octanol–water partition coefficient (Wildman–Crippen LogP) is -2.29. The number of hydrogen-bond donors (Lipinski definition) is 1. The van der Waals surface area contributed by atoms with Gasteiger partial charge in [-0.15, -0.1) is 23.8 Å². The van der Waals surface area contributed by atoms with Gasteiger partial charge in [0.1, 0.15) is 0 Å². The van der Waals surface area contributed by atoms with Gasteiger partial charge in [0.2, 0.25) is 0 Å². The number of fused-ring (bicyclic) bond motifs is 1. The van der Waals surface area contributed by atoms with Crippen LogP contribution >= 0.6 is 0 Å². The van der Waals surface area contributed by atoms with Crippen LogP contribution in [0.4, 0.5) is 0 Å². The Balaban J connectivity index is 0.